The van der Waals surface area contributed by atoms with Crippen molar-refractivity contribution in [3.05, 3.63) is 57.8 Å². The van der Waals surface area contributed by atoms with Crippen LogP contribution in [0.3, 0.4) is 0 Å². The molecular formula is C19H26N2O3S2. The molecule has 1 aromatic carbocycles. The minimum Gasteiger partial charge on any atom is -0.332 e. The first-order valence-corrected chi connectivity index (χ1v) is 11.2. The van der Waals surface area contributed by atoms with Gasteiger partial charge < -0.3 is 4.90 Å². The van der Waals surface area contributed by atoms with Crippen molar-refractivity contribution in [2.24, 2.45) is 0 Å². The van der Waals surface area contributed by atoms with Crippen LogP contribution in [0.15, 0.2) is 41.8 Å². The van der Waals surface area contributed by atoms with Gasteiger partial charge in [-0.3, -0.25) is 4.79 Å². The lowest BCUT2D eigenvalue weighted by atomic mass is 10.2. The van der Waals surface area contributed by atoms with Crippen LogP contribution in [0.25, 0.3) is 0 Å². The van der Waals surface area contributed by atoms with Gasteiger partial charge in [0.05, 0.1) is 19.3 Å². The van der Waals surface area contributed by atoms with Gasteiger partial charge in [0.1, 0.15) is 0 Å². The highest BCUT2D eigenvalue weighted by Gasteiger charge is 2.26. The molecular weight excluding hydrogens is 368 g/mol. The van der Waals surface area contributed by atoms with Gasteiger partial charge in [-0.2, -0.15) is 4.31 Å². The van der Waals surface area contributed by atoms with E-state index in [4.69, 9.17) is 0 Å². The normalized spacial score (nSPS) is 11.9. The van der Waals surface area contributed by atoms with Crippen LogP contribution < -0.4 is 0 Å². The molecule has 142 valence electrons. The van der Waals surface area contributed by atoms with Crippen LogP contribution in [0, 0.1) is 6.92 Å². The number of aryl methyl sites for hydroxylation is 1. The first-order chi connectivity index (χ1) is 12.2. The molecule has 0 saturated heterocycles. The summed E-state index contributed by atoms with van der Waals surface area (Å²) in [5.41, 5.74) is 2.16. The van der Waals surface area contributed by atoms with E-state index in [0.29, 0.717) is 13.1 Å². The van der Waals surface area contributed by atoms with Gasteiger partial charge in [0.2, 0.25) is 15.9 Å². The Hall–Kier alpha value is -1.70. The molecule has 1 amide bonds. The zero-order chi connectivity index (χ0) is 19.3. The summed E-state index contributed by atoms with van der Waals surface area (Å²) < 4.78 is 25.3. The van der Waals surface area contributed by atoms with E-state index in [9.17, 15) is 13.2 Å². The lowest BCUT2D eigenvalue weighted by molar-refractivity contribution is -0.132. The van der Waals surface area contributed by atoms with Gasteiger partial charge in [0, 0.05) is 17.5 Å². The van der Waals surface area contributed by atoms with Crippen LogP contribution in [0.1, 0.15) is 29.9 Å². The van der Waals surface area contributed by atoms with Crippen molar-refractivity contribution in [3.63, 3.8) is 0 Å². The van der Waals surface area contributed by atoms with Crippen LogP contribution in [0.2, 0.25) is 0 Å². The van der Waals surface area contributed by atoms with Crippen molar-refractivity contribution >= 4 is 27.3 Å². The second-order valence-electron chi connectivity index (χ2n) is 6.66. The average molecular weight is 395 g/mol. The molecule has 0 saturated carbocycles. The van der Waals surface area contributed by atoms with Crippen molar-refractivity contribution in [1.82, 2.24) is 9.21 Å². The molecule has 5 nitrogen and oxygen atoms in total. The second-order valence-corrected chi connectivity index (χ2v) is 9.60. The van der Waals surface area contributed by atoms with Gasteiger partial charge in [-0.1, -0.05) is 30.3 Å². The molecule has 0 aliphatic heterocycles. The molecule has 26 heavy (non-hydrogen) atoms. The first-order valence-electron chi connectivity index (χ1n) is 8.50. The summed E-state index contributed by atoms with van der Waals surface area (Å²) in [4.78, 5) is 15.8. The van der Waals surface area contributed by atoms with E-state index in [-0.39, 0.29) is 18.5 Å². The number of amides is 1. The number of carbonyl (C=O) groups excluding carboxylic acids is 1. The minimum atomic E-state index is -3.45. The molecule has 0 fully saturated rings. The third kappa shape index (κ3) is 5.65. The van der Waals surface area contributed by atoms with E-state index in [1.165, 1.54) is 4.31 Å². The topological polar surface area (TPSA) is 57.7 Å². The van der Waals surface area contributed by atoms with E-state index in [1.807, 2.05) is 48.7 Å². The Balaban J connectivity index is 2.24. The van der Waals surface area contributed by atoms with E-state index >= 15 is 0 Å². The highest BCUT2D eigenvalue weighted by atomic mass is 32.2. The molecule has 0 radical (unpaired) electrons. The number of carbonyl (C=O) groups is 1. The molecule has 1 heterocycles. The zero-order valence-electron chi connectivity index (χ0n) is 15.7. The maximum Gasteiger partial charge on any atom is 0.238 e. The van der Waals surface area contributed by atoms with Crippen LogP contribution in [-0.2, 0) is 27.9 Å². The highest BCUT2D eigenvalue weighted by Crippen LogP contribution is 2.20. The molecule has 0 aliphatic carbocycles. The predicted octanol–water partition coefficient (Wildman–Crippen LogP) is 3.26. The molecule has 2 rings (SSSR count). The maximum absolute atomic E-state index is 13.0. The number of sulfonamides is 1. The lowest BCUT2D eigenvalue weighted by Gasteiger charge is -2.28. The Labute approximate surface area is 160 Å². The summed E-state index contributed by atoms with van der Waals surface area (Å²) in [7, 11) is -3.45. The Kier molecular flexibility index (Phi) is 6.97. The molecule has 0 N–H and O–H groups in total. The van der Waals surface area contributed by atoms with Gasteiger partial charge in [-0.05, 0) is 43.3 Å². The minimum absolute atomic E-state index is 0.145. The molecule has 0 aliphatic rings. The third-order valence-electron chi connectivity index (χ3n) is 4.16. The van der Waals surface area contributed by atoms with Crippen molar-refractivity contribution in [3.8, 4) is 0 Å². The molecule has 0 bridgehead atoms. The molecule has 0 spiro atoms. The van der Waals surface area contributed by atoms with Gasteiger partial charge in [-0.15, -0.1) is 11.3 Å². The quantitative estimate of drug-likeness (QED) is 0.690. The fourth-order valence-electron chi connectivity index (χ4n) is 2.69. The van der Waals surface area contributed by atoms with Crippen molar-refractivity contribution in [2.45, 2.75) is 39.9 Å². The number of nitrogens with zero attached hydrogens (tertiary/aromatic N) is 2. The monoisotopic (exact) mass is 394 g/mol. The van der Waals surface area contributed by atoms with E-state index in [1.54, 1.807) is 30.1 Å². The lowest BCUT2D eigenvalue weighted by Crippen LogP contribution is -2.45. The summed E-state index contributed by atoms with van der Waals surface area (Å²) in [5, 5.41) is 2.01. The van der Waals surface area contributed by atoms with E-state index in [2.05, 4.69) is 0 Å². The summed E-state index contributed by atoms with van der Waals surface area (Å²) in [6.07, 6.45) is 1.14. The average Bonchev–Trinajstić information content (AvgIpc) is 2.96. The van der Waals surface area contributed by atoms with E-state index in [0.717, 1.165) is 22.3 Å². The first kappa shape index (κ1) is 20.6. The van der Waals surface area contributed by atoms with Gasteiger partial charge >= 0.3 is 0 Å². The third-order valence-corrected chi connectivity index (χ3v) is 6.58. The summed E-state index contributed by atoms with van der Waals surface area (Å²) >= 11 is 1.61. The molecule has 1 aromatic heterocycles. The highest BCUT2D eigenvalue weighted by molar-refractivity contribution is 7.88. The second kappa shape index (κ2) is 8.79. The van der Waals surface area contributed by atoms with Crippen LogP contribution in [0.5, 0.6) is 0 Å². The van der Waals surface area contributed by atoms with Gasteiger partial charge in [0.25, 0.3) is 0 Å². The largest absolute Gasteiger partial charge is 0.332 e. The summed E-state index contributed by atoms with van der Waals surface area (Å²) in [5.74, 6) is -0.194. The number of hydrogen-bond acceptors (Lipinski definition) is 4. The number of benzene rings is 1. The number of rotatable bonds is 8. The molecule has 2 aromatic rings. The molecule has 0 unspecified atom stereocenters. The van der Waals surface area contributed by atoms with Crippen molar-refractivity contribution < 1.29 is 13.2 Å². The standard InChI is InChI=1S/C19H26N2O3S2/c1-15(2)21(26(4,23)24)14-19(22)20(12-17-8-6-5-7-9-17)13-18-16(3)10-11-25-18/h5-11,15H,12-14H2,1-4H3. The van der Waals surface area contributed by atoms with Crippen LogP contribution in [-0.4, -0.2) is 42.4 Å². The number of hydrogen-bond donors (Lipinski definition) is 0. The van der Waals surface area contributed by atoms with Gasteiger partial charge in [-0.25, -0.2) is 8.42 Å². The summed E-state index contributed by atoms with van der Waals surface area (Å²) in [6.45, 7) is 6.36. The fourth-order valence-corrected chi connectivity index (χ4v) is 4.72. The number of thiophene rings is 1. The van der Waals surface area contributed by atoms with Gasteiger partial charge in [0.15, 0.2) is 0 Å². The van der Waals surface area contributed by atoms with Crippen LogP contribution in [0.4, 0.5) is 0 Å². The van der Waals surface area contributed by atoms with E-state index < -0.39 is 10.0 Å². The Morgan fingerprint density at radius 2 is 1.77 bits per heavy atom. The maximum atomic E-state index is 13.0. The van der Waals surface area contributed by atoms with Crippen molar-refractivity contribution in [2.75, 3.05) is 12.8 Å². The van der Waals surface area contributed by atoms with Crippen molar-refractivity contribution in [1.29, 1.82) is 0 Å². The fraction of sp³-hybridized carbons (Fsp3) is 0.421. The SMILES string of the molecule is Cc1ccsc1CN(Cc1ccccc1)C(=O)CN(C(C)C)S(C)(=O)=O. The molecule has 0 atom stereocenters. The summed E-state index contributed by atoms with van der Waals surface area (Å²) in [6, 6.07) is 11.5. The zero-order valence-corrected chi connectivity index (χ0v) is 17.3. The Bertz CT molecular complexity index is 829. The molecule has 7 heteroatoms. The smallest absolute Gasteiger partial charge is 0.238 e. The van der Waals surface area contributed by atoms with Crippen LogP contribution >= 0.6 is 11.3 Å². The Morgan fingerprint density at radius 3 is 2.27 bits per heavy atom. The Morgan fingerprint density at radius 1 is 1.12 bits per heavy atom. The predicted molar refractivity (Wildman–Crippen MR) is 106 cm³/mol.